The number of rotatable bonds is 4. The third-order valence-corrected chi connectivity index (χ3v) is 5.46. The van der Waals surface area contributed by atoms with Gasteiger partial charge in [-0.25, -0.2) is 9.59 Å². The average Bonchev–Trinajstić information content (AvgIpc) is 2.84. The van der Waals surface area contributed by atoms with E-state index in [1.165, 1.54) is 0 Å². The van der Waals surface area contributed by atoms with Crippen molar-refractivity contribution in [2.45, 2.75) is 25.6 Å². The fraction of sp³-hybridized carbons (Fsp3) is 0.409. The lowest BCUT2D eigenvalue weighted by Gasteiger charge is -2.27. The van der Waals surface area contributed by atoms with Crippen LogP contribution in [0.25, 0.3) is 11.3 Å². The van der Waals surface area contributed by atoms with E-state index in [4.69, 9.17) is 14.6 Å². The van der Waals surface area contributed by atoms with E-state index in [2.05, 4.69) is 20.8 Å². The molecule has 0 saturated carbocycles. The van der Waals surface area contributed by atoms with Gasteiger partial charge < -0.3 is 20.1 Å². The normalized spacial score (nSPS) is 15.6. The first-order valence-electron chi connectivity index (χ1n) is 10.7. The predicted octanol–water partition coefficient (Wildman–Crippen LogP) is 2.91. The van der Waals surface area contributed by atoms with Crippen LogP contribution >= 0.6 is 0 Å². The molecule has 1 fully saturated rings. The fourth-order valence-electron chi connectivity index (χ4n) is 3.61. The van der Waals surface area contributed by atoms with Crippen molar-refractivity contribution >= 4 is 23.7 Å². The van der Waals surface area contributed by atoms with Crippen LogP contribution in [0.1, 0.15) is 28.9 Å². The van der Waals surface area contributed by atoms with Crippen LogP contribution in [-0.2, 0) is 16.1 Å². The second-order valence-electron chi connectivity index (χ2n) is 8.06. The summed E-state index contributed by atoms with van der Waals surface area (Å²) in [5.74, 6) is -2.34. The number of hydrogen-bond acceptors (Lipinski definition) is 7. The molecule has 0 unspecified atom stereocenters. The highest BCUT2D eigenvalue weighted by Gasteiger charge is 2.38. The van der Waals surface area contributed by atoms with E-state index >= 15 is 0 Å². The van der Waals surface area contributed by atoms with Gasteiger partial charge in [0, 0.05) is 24.7 Å². The SMILES string of the molecule is CN(CC1CCNCC1)C(=O)c1ccc(-c2ccc3c(c2)COC(=O)N3)nn1.O=C(O)C(F)(F)F. The van der Waals surface area contributed by atoms with Crippen LogP contribution < -0.4 is 10.6 Å². The number of carboxylic acid groups (broad SMARTS) is 1. The number of anilines is 1. The molecule has 3 N–H and O–H groups in total. The van der Waals surface area contributed by atoms with E-state index in [1.807, 2.05) is 25.2 Å². The molecular weight excluding hydrogens is 471 g/mol. The molecule has 2 aliphatic rings. The van der Waals surface area contributed by atoms with Gasteiger partial charge in [0.25, 0.3) is 5.91 Å². The Kier molecular flexibility index (Phi) is 8.22. The Bertz CT molecular complexity index is 1070. The average molecular weight is 495 g/mol. The van der Waals surface area contributed by atoms with Gasteiger partial charge in [-0.1, -0.05) is 6.07 Å². The third-order valence-electron chi connectivity index (χ3n) is 5.46. The Morgan fingerprint density at radius 3 is 2.46 bits per heavy atom. The minimum Gasteiger partial charge on any atom is -0.475 e. The summed E-state index contributed by atoms with van der Waals surface area (Å²) in [6, 6.07) is 9.09. The zero-order chi connectivity index (χ0) is 25.6. The highest BCUT2D eigenvalue weighted by Crippen LogP contribution is 2.27. The molecule has 4 rings (SSSR count). The Morgan fingerprint density at radius 1 is 1.17 bits per heavy atom. The number of cyclic esters (lactones) is 1. The van der Waals surface area contributed by atoms with Crippen LogP contribution in [-0.4, -0.2) is 71.0 Å². The number of fused-ring (bicyclic) bond motifs is 1. The van der Waals surface area contributed by atoms with Crippen molar-refractivity contribution in [3.63, 3.8) is 0 Å². The Morgan fingerprint density at radius 2 is 1.86 bits per heavy atom. The summed E-state index contributed by atoms with van der Waals surface area (Å²) in [4.78, 5) is 34.5. The third kappa shape index (κ3) is 7.12. The van der Waals surface area contributed by atoms with Crippen molar-refractivity contribution in [2.75, 3.05) is 32.0 Å². The second kappa shape index (κ2) is 11.1. The van der Waals surface area contributed by atoms with Crippen LogP contribution in [0.2, 0.25) is 0 Å². The van der Waals surface area contributed by atoms with Crippen LogP contribution in [0, 0.1) is 5.92 Å². The smallest absolute Gasteiger partial charge is 0.475 e. The molecule has 1 aromatic heterocycles. The molecule has 0 radical (unpaired) electrons. The van der Waals surface area contributed by atoms with Crippen LogP contribution in [0.15, 0.2) is 30.3 Å². The van der Waals surface area contributed by atoms with Gasteiger partial charge in [0.15, 0.2) is 5.69 Å². The lowest BCUT2D eigenvalue weighted by atomic mass is 9.97. The molecule has 188 valence electrons. The molecule has 0 bridgehead atoms. The first-order chi connectivity index (χ1) is 16.5. The summed E-state index contributed by atoms with van der Waals surface area (Å²) in [7, 11) is 1.82. The van der Waals surface area contributed by atoms with Crippen LogP contribution in [0.3, 0.4) is 0 Å². The number of hydrogen-bond donors (Lipinski definition) is 3. The molecule has 2 aromatic rings. The number of carbonyl (C=O) groups excluding carboxylic acids is 2. The number of ether oxygens (including phenoxy) is 1. The van der Waals surface area contributed by atoms with E-state index in [-0.39, 0.29) is 12.5 Å². The molecule has 0 spiro atoms. The van der Waals surface area contributed by atoms with Gasteiger partial charge in [-0.3, -0.25) is 10.1 Å². The monoisotopic (exact) mass is 495 g/mol. The van der Waals surface area contributed by atoms with Gasteiger partial charge in [0.05, 0.1) is 11.4 Å². The number of aromatic nitrogens is 2. The van der Waals surface area contributed by atoms with Gasteiger partial charge in [0.1, 0.15) is 6.61 Å². The Labute approximate surface area is 198 Å². The molecule has 0 atom stereocenters. The molecule has 13 heteroatoms. The summed E-state index contributed by atoms with van der Waals surface area (Å²) in [6.45, 7) is 2.98. The van der Waals surface area contributed by atoms with Crippen LogP contribution in [0.4, 0.5) is 23.7 Å². The van der Waals surface area contributed by atoms with Crippen molar-refractivity contribution in [1.82, 2.24) is 20.4 Å². The first kappa shape index (κ1) is 25.9. The second-order valence-corrected chi connectivity index (χ2v) is 8.06. The Hall–Kier alpha value is -3.74. The Balaban J connectivity index is 0.000000429. The van der Waals surface area contributed by atoms with E-state index in [0.29, 0.717) is 17.3 Å². The lowest BCUT2D eigenvalue weighted by Crippen LogP contribution is -2.37. The topological polar surface area (TPSA) is 134 Å². The summed E-state index contributed by atoms with van der Waals surface area (Å²) in [5, 5.41) is 21.5. The molecule has 2 amide bonds. The minimum atomic E-state index is -5.08. The maximum Gasteiger partial charge on any atom is 0.490 e. The van der Waals surface area contributed by atoms with Gasteiger partial charge in [-0.2, -0.15) is 13.2 Å². The lowest BCUT2D eigenvalue weighted by molar-refractivity contribution is -0.192. The highest BCUT2D eigenvalue weighted by molar-refractivity contribution is 5.92. The summed E-state index contributed by atoms with van der Waals surface area (Å²) < 4.78 is 36.7. The van der Waals surface area contributed by atoms with E-state index < -0.39 is 18.2 Å². The van der Waals surface area contributed by atoms with E-state index in [0.717, 1.165) is 49.3 Å². The maximum atomic E-state index is 12.6. The molecule has 0 aliphatic carbocycles. The van der Waals surface area contributed by atoms with Crippen molar-refractivity contribution in [3.8, 4) is 11.3 Å². The van der Waals surface area contributed by atoms with E-state index in [9.17, 15) is 22.8 Å². The van der Waals surface area contributed by atoms with Crippen molar-refractivity contribution in [2.24, 2.45) is 5.92 Å². The first-order valence-corrected chi connectivity index (χ1v) is 10.7. The molecular formula is C22H24F3N5O5. The molecule has 1 saturated heterocycles. The fourth-order valence-corrected chi connectivity index (χ4v) is 3.61. The number of nitrogens with zero attached hydrogens (tertiary/aromatic N) is 3. The van der Waals surface area contributed by atoms with Crippen LogP contribution in [0.5, 0.6) is 0 Å². The number of carboxylic acids is 1. The minimum absolute atomic E-state index is 0.112. The number of carbonyl (C=O) groups is 3. The largest absolute Gasteiger partial charge is 0.490 e. The number of amides is 2. The number of halogens is 3. The predicted molar refractivity (Wildman–Crippen MR) is 118 cm³/mol. The molecule has 35 heavy (non-hydrogen) atoms. The zero-order valence-electron chi connectivity index (χ0n) is 18.8. The summed E-state index contributed by atoms with van der Waals surface area (Å²) in [5.41, 5.74) is 3.47. The van der Waals surface area contributed by atoms with Crippen molar-refractivity contribution in [1.29, 1.82) is 0 Å². The number of piperidine rings is 1. The van der Waals surface area contributed by atoms with E-state index in [1.54, 1.807) is 17.0 Å². The highest BCUT2D eigenvalue weighted by atomic mass is 19.4. The number of benzene rings is 1. The molecule has 3 heterocycles. The van der Waals surface area contributed by atoms with Crippen molar-refractivity contribution < 1.29 is 37.4 Å². The molecule has 2 aliphatic heterocycles. The maximum absolute atomic E-state index is 12.6. The summed E-state index contributed by atoms with van der Waals surface area (Å²) >= 11 is 0. The molecule has 10 nitrogen and oxygen atoms in total. The van der Waals surface area contributed by atoms with Gasteiger partial charge >= 0.3 is 18.2 Å². The van der Waals surface area contributed by atoms with Gasteiger partial charge in [0.2, 0.25) is 0 Å². The standard InChI is InChI=1S/C20H23N5O3.C2HF3O2/c1-25(11-13-6-8-21-9-7-13)19(26)18-5-4-17(23-24-18)14-2-3-16-15(10-14)12-28-20(27)22-16;3-2(4,5)1(6)7/h2-5,10,13,21H,6-9,11-12H2,1H3,(H,22,27);(H,6,7). The quantitative estimate of drug-likeness (QED) is 0.590. The number of nitrogens with one attached hydrogen (secondary N) is 2. The summed E-state index contributed by atoms with van der Waals surface area (Å²) in [6.07, 6.45) is -3.35. The van der Waals surface area contributed by atoms with Gasteiger partial charge in [-0.05, 0) is 56.1 Å². The molecule has 1 aromatic carbocycles. The number of aliphatic carboxylic acids is 1. The van der Waals surface area contributed by atoms with Crippen molar-refractivity contribution in [3.05, 3.63) is 41.6 Å². The van der Waals surface area contributed by atoms with Gasteiger partial charge in [-0.15, -0.1) is 10.2 Å². The zero-order valence-corrected chi connectivity index (χ0v) is 18.8. The number of alkyl halides is 3.